The van der Waals surface area contributed by atoms with E-state index in [4.69, 9.17) is 9.47 Å². The van der Waals surface area contributed by atoms with Crippen LogP contribution in [0.15, 0.2) is 29.6 Å². The van der Waals surface area contributed by atoms with Gasteiger partial charge in [-0.05, 0) is 24.7 Å². The minimum absolute atomic E-state index is 0.127. The average Bonchev–Trinajstić information content (AvgIpc) is 3.12. The summed E-state index contributed by atoms with van der Waals surface area (Å²) in [5.74, 6) is 0.138. The van der Waals surface area contributed by atoms with Crippen LogP contribution >= 0.6 is 11.3 Å². The quantitative estimate of drug-likeness (QED) is 0.747. The third kappa shape index (κ3) is 4.70. The molecule has 1 amide bonds. The Morgan fingerprint density at radius 2 is 1.79 bits per heavy atom. The Labute approximate surface area is 168 Å². The van der Waals surface area contributed by atoms with Crippen LogP contribution in [-0.2, 0) is 9.53 Å². The number of carbonyl (C=O) groups excluding carboxylic acids is 2. The van der Waals surface area contributed by atoms with Crippen molar-refractivity contribution < 1.29 is 19.1 Å². The lowest BCUT2D eigenvalue weighted by molar-refractivity contribution is -0.117. The third-order valence-corrected chi connectivity index (χ3v) is 5.69. The van der Waals surface area contributed by atoms with Crippen molar-refractivity contribution >= 4 is 28.2 Å². The van der Waals surface area contributed by atoms with E-state index in [0.717, 1.165) is 43.1 Å². The molecule has 1 fully saturated rings. The lowest BCUT2D eigenvalue weighted by atomic mass is 10.0. The number of benzene rings is 1. The molecule has 7 nitrogen and oxygen atoms in total. The van der Waals surface area contributed by atoms with Gasteiger partial charge in [0.2, 0.25) is 5.91 Å². The molecule has 0 unspecified atom stereocenters. The molecule has 28 heavy (non-hydrogen) atoms. The molecule has 1 N–H and O–H groups in total. The number of hydrogen-bond acceptors (Lipinski definition) is 7. The molecule has 0 saturated carbocycles. The van der Waals surface area contributed by atoms with Crippen molar-refractivity contribution in [2.75, 3.05) is 59.3 Å². The second kappa shape index (κ2) is 9.18. The Kier molecular flexibility index (Phi) is 6.66. The van der Waals surface area contributed by atoms with Gasteiger partial charge in [-0.1, -0.05) is 12.1 Å². The van der Waals surface area contributed by atoms with Gasteiger partial charge in [-0.2, -0.15) is 0 Å². The number of methoxy groups -OCH3 is 2. The van der Waals surface area contributed by atoms with Gasteiger partial charge in [0.25, 0.3) is 0 Å². The number of nitrogens with one attached hydrogen (secondary N) is 1. The van der Waals surface area contributed by atoms with Crippen molar-refractivity contribution in [1.29, 1.82) is 0 Å². The lowest BCUT2D eigenvalue weighted by Gasteiger charge is -2.31. The van der Waals surface area contributed by atoms with E-state index in [0.29, 0.717) is 17.1 Å². The number of thiophene rings is 1. The van der Waals surface area contributed by atoms with E-state index < -0.39 is 5.97 Å². The second-order valence-electron chi connectivity index (χ2n) is 6.70. The van der Waals surface area contributed by atoms with Gasteiger partial charge in [-0.15, -0.1) is 11.3 Å². The first-order valence-corrected chi connectivity index (χ1v) is 9.94. The molecule has 150 valence electrons. The highest BCUT2D eigenvalue weighted by atomic mass is 32.1. The standard InChI is InChI=1S/C20H25N3O4S/c1-22-8-10-23(11-9-22)12-17(24)21-19-18(20(25)27-3)16(13-28-19)14-4-6-15(26-2)7-5-14/h4-7,13H,8-12H2,1-3H3,(H,21,24). The molecule has 0 radical (unpaired) electrons. The number of amides is 1. The van der Waals surface area contributed by atoms with Crippen molar-refractivity contribution in [3.05, 3.63) is 35.2 Å². The van der Waals surface area contributed by atoms with E-state index in [1.807, 2.05) is 29.6 Å². The molecule has 8 heteroatoms. The fraction of sp³-hybridized carbons (Fsp3) is 0.400. The lowest BCUT2D eigenvalue weighted by Crippen LogP contribution is -2.47. The van der Waals surface area contributed by atoms with E-state index in [1.165, 1.54) is 18.4 Å². The summed E-state index contributed by atoms with van der Waals surface area (Å²) >= 11 is 1.32. The van der Waals surface area contributed by atoms with Gasteiger partial charge in [0.05, 0.1) is 20.8 Å². The summed E-state index contributed by atoms with van der Waals surface area (Å²) in [4.78, 5) is 29.3. The van der Waals surface area contributed by atoms with Crippen LogP contribution in [0.4, 0.5) is 5.00 Å². The number of anilines is 1. The van der Waals surface area contributed by atoms with Crippen LogP contribution in [0.25, 0.3) is 11.1 Å². The van der Waals surface area contributed by atoms with Gasteiger partial charge in [0.15, 0.2) is 0 Å². The zero-order valence-electron chi connectivity index (χ0n) is 16.4. The van der Waals surface area contributed by atoms with Crippen LogP contribution < -0.4 is 10.1 Å². The Bertz CT molecular complexity index is 826. The summed E-state index contributed by atoms with van der Waals surface area (Å²) in [6.07, 6.45) is 0. The van der Waals surface area contributed by atoms with Crippen LogP contribution in [0, 0.1) is 0 Å². The van der Waals surface area contributed by atoms with Gasteiger partial charge in [-0.3, -0.25) is 9.69 Å². The summed E-state index contributed by atoms with van der Waals surface area (Å²) in [7, 11) is 5.02. The number of hydrogen-bond donors (Lipinski definition) is 1. The van der Waals surface area contributed by atoms with E-state index in [9.17, 15) is 9.59 Å². The molecule has 2 heterocycles. The van der Waals surface area contributed by atoms with E-state index in [1.54, 1.807) is 7.11 Å². The first-order valence-electron chi connectivity index (χ1n) is 9.06. The molecule has 1 aromatic carbocycles. The second-order valence-corrected chi connectivity index (χ2v) is 7.58. The number of piperazine rings is 1. The van der Waals surface area contributed by atoms with Crippen LogP contribution in [0.5, 0.6) is 5.75 Å². The summed E-state index contributed by atoms with van der Waals surface area (Å²) < 4.78 is 10.1. The van der Waals surface area contributed by atoms with Crippen LogP contribution in [0.1, 0.15) is 10.4 Å². The molecule has 3 rings (SSSR count). The highest BCUT2D eigenvalue weighted by molar-refractivity contribution is 7.15. The Balaban J connectivity index is 1.77. The molecule has 0 atom stereocenters. The maximum absolute atomic E-state index is 12.5. The van der Waals surface area contributed by atoms with Gasteiger partial charge in [0, 0.05) is 37.1 Å². The number of likely N-dealkylation sites (N-methyl/N-ethyl adjacent to an activating group) is 1. The number of nitrogens with zero attached hydrogens (tertiary/aromatic N) is 2. The van der Waals surface area contributed by atoms with Crippen molar-refractivity contribution in [3.63, 3.8) is 0 Å². The fourth-order valence-corrected chi connectivity index (χ4v) is 4.09. The van der Waals surface area contributed by atoms with Crippen molar-refractivity contribution in [1.82, 2.24) is 9.80 Å². The van der Waals surface area contributed by atoms with Gasteiger partial charge in [0.1, 0.15) is 16.3 Å². The molecule has 0 aliphatic carbocycles. The highest BCUT2D eigenvalue weighted by Crippen LogP contribution is 2.36. The third-order valence-electron chi connectivity index (χ3n) is 4.80. The zero-order chi connectivity index (χ0) is 20.1. The number of esters is 1. The van der Waals surface area contributed by atoms with Crippen molar-refractivity contribution in [2.45, 2.75) is 0 Å². The van der Waals surface area contributed by atoms with Crippen LogP contribution in [0.3, 0.4) is 0 Å². The minimum Gasteiger partial charge on any atom is -0.497 e. The minimum atomic E-state index is -0.470. The van der Waals surface area contributed by atoms with Crippen LogP contribution in [0.2, 0.25) is 0 Å². The topological polar surface area (TPSA) is 71.1 Å². The molecule has 1 aliphatic heterocycles. The Morgan fingerprint density at radius 1 is 1.11 bits per heavy atom. The SMILES string of the molecule is COC(=O)c1c(-c2ccc(OC)cc2)csc1NC(=O)CN1CCN(C)CC1. The van der Waals surface area contributed by atoms with E-state index >= 15 is 0 Å². The van der Waals surface area contributed by atoms with Crippen molar-refractivity contribution in [2.24, 2.45) is 0 Å². The average molecular weight is 404 g/mol. The largest absolute Gasteiger partial charge is 0.497 e. The molecule has 0 bridgehead atoms. The maximum atomic E-state index is 12.5. The first-order chi connectivity index (χ1) is 13.5. The van der Waals surface area contributed by atoms with Crippen LogP contribution in [-0.4, -0.2) is 75.7 Å². The maximum Gasteiger partial charge on any atom is 0.341 e. The van der Waals surface area contributed by atoms with E-state index in [2.05, 4.69) is 22.2 Å². The predicted octanol–water partition coefficient (Wildman–Crippen LogP) is 2.40. The smallest absolute Gasteiger partial charge is 0.341 e. The first kappa shape index (κ1) is 20.3. The Hall–Kier alpha value is -2.42. The summed E-state index contributed by atoms with van der Waals surface area (Å²) in [6.45, 7) is 3.91. The van der Waals surface area contributed by atoms with Crippen molar-refractivity contribution in [3.8, 4) is 16.9 Å². The fourth-order valence-electron chi connectivity index (χ4n) is 3.11. The van der Waals surface area contributed by atoms with Gasteiger partial charge < -0.3 is 19.7 Å². The monoisotopic (exact) mass is 403 g/mol. The predicted molar refractivity (Wildman–Crippen MR) is 110 cm³/mol. The summed E-state index contributed by atoms with van der Waals surface area (Å²) in [5.41, 5.74) is 1.97. The normalized spacial score (nSPS) is 15.2. The number of carbonyl (C=O) groups is 2. The molecule has 1 aliphatic rings. The highest BCUT2D eigenvalue weighted by Gasteiger charge is 2.23. The molecular formula is C20H25N3O4S. The number of ether oxygens (including phenoxy) is 2. The molecule has 2 aromatic rings. The zero-order valence-corrected chi connectivity index (χ0v) is 17.2. The molecule has 1 saturated heterocycles. The number of rotatable bonds is 6. The van der Waals surface area contributed by atoms with Gasteiger partial charge in [-0.25, -0.2) is 4.79 Å². The Morgan fingerprint density at radius 3 is 2.39 bits per heavy atom. The molecule has 1 aromatic heterocycles. The summed E-state index contributed by atoms with van der Waals surface area (Å²) in [5, 5.41) is 5.27. The molecular weight excluding hydrogens is 378 g/mol. The van der Waals surface area contributed by atoms with Gasteiger partial charge >= 0.3 is 5.97 Å². The summed E-state index contributed by atoms with van der Waals surface area (Å²) in [6, 6.07) is 7.42. The van der Waals surface area contributed by atoms with E-state index in [-0.39, 0.29) is 5.91 Å². The molecule has 0 spiro atoms.